The number of carbonyl (C=O) groups is 2. The third-order valence-electron chi connectivity index (χ3n) is 3.58. The summed E-state index contributed by atoms with van der Waals surface area (Å²) in [4.78, 5) is 27.6. The fourth-order valence-corrected chi connectivity index (χ4v) is 2.52. The van der Waals surface area contributed by atoms with Crippen molar-refractivity contribution < 1.29 is 19.1 Å². The Hall–Kier alpha value is -1.14. The fourth-order valence-electron chi connectivity index (χ4n) is 2.52. The summed E-state index contributed by atoms with van der Waals surface area (Å²) in [6.07, 6.45) is 0.266. The van der Waals surface area contributed by atoms with E-state index in [-0.39, 0.29) is 11.8 Å². The van der Waals surface area contributed by atoms with E-state index in [1.807, 2.05) is 7.05 Å². The number of morpholine rings is 1. The van der Waals surface area contributed by atoms with E-state index in [0.717, 1.165) is 19.5 Å². The molecule has 0 aliphatic carbocycles. The summed E-state index contributed by atoms with van der Waals surface area (Å²) in [6, 6.07) is 0. The van der Waals surface area contributed by atoms with Gasteiger partial charge in [0, 0.05) is 13.1 Å². The van der Waals surface area contributed by atoms with Gasteiger partial charge in [-0.25, -0.2) is 4.79 Å². The fraction of sp³-hybridized carbons (Fsp3) is 0.833. The molecule has 102 valence electrons. The van der Waals surface area contributed by atoms with E-state index in [1.165, 1.54) is 7.11 Å². The third-order valence-corrected chi connectivity index (χ3v) is 3.58. The number of methoxy groups -OCH3 is 1. The highest BCUT2D eigenvalue weighted by Crippen LogP contribution is 2.19. The summed E-state index contributed by atoms with van der Waals surface area (Å²) in [5.41, 5.74) is 0. The number of esters is 1. The molecule has 0 aromatic heterocycles. The van der Waals surface area contributed by atoms with Gasteiger partial charge in [-0.15, -0.1) is 0 Å². The zero-order valence-corrected chi connectivity index (χ0v) is 10.9. The molecule has 2 fully saturated rings. The van der Waals surface area contributed by atoms with E-state index in [9.17, 15) is 9.59 Å². The first-order chi connectivity index (χ1) is 8.61. The lowest BCUT2D eigenvalue weighted by atomic mass is 10.1. The number of likely N-dealkylation sites (tertiary alicyclic amines) is 1. The van der Waals surface area contributed by atoms with Crippen LogP contribution in [0.15, 0.2) is 0 Å². The maximum atomic E-state index is 12.3. The largest absolute Gasteiger partial charge is 0.467 e. The summed E-state index contributed by atoms with van der Waals surface area (Å²) in [5, 5.41) is 0. The molecule has 2 unspecified atom stereocenters. The highest BCUT2D eigenvalue weighted by molar-refractivity contribution is 5.81. The Bertz CT molecular complexity index is 334. The molecule has 0 saturated carbocycles. The monoisotopic (exact) mass is 256 g/mol. The van der Waals surface area contributed by atoms with Gasteiger partial charge in [-0.05, 0) is 20.0 Å². The van der Waals surface area contributed by atoms with Crippen LogP contribution in [0.2, 0.25) is 0 Å². The Morgan fingerprint density at radius 1 is 1.28 bits per heavy atom. The van der Waals surface area contributed by atoms with Crippen LogP contribution in [0.25, 0.3) is 0 Å². The highest BCUT2D eigenvalue weighted by Gasteiger charge is 2.35. The minimum absolute atomic E-state index is 0.0615. The molecule has 0 spiro atoms. The molecule has 0 aromatic rings. The smallest absolute Gasteiger partial charge is 0.336 e. The van der Waals surface area contributed by atoms with Gasteiger partial charge >= 0.3 is 5.97 Å². The van der Waals surface area contributed by atoms with Crippen LogP contribution in [-0.2, 0) is 19.1 Å². The van der Waals surface area contributed by atoms with E-state index >= 15 is 0 Å². The average Bonchev–Trinajstić information content (AvgIpc) is 2.83. The van der Waals surface area contributed by atoms with Crippen LogP contribution in [0, 0.1) is 5.92 Å². The van der Waals surface area contributed by atoms with Crippen LogP contribution in [-0.4, -0.2) is 74.7 Å². The van der Waals surface area contributed by atoms with Crippen molar-refractivity contribution in [1.29, 1.82) is 0 Å². The first kappa shape index (κ1) is 13.3. The van der Waals surface area contributed by atoms with Gasteiger partial charge < -0.3 is 19.3 Å². The van der Waals surface area contributed by atoms with E-state index in [0.29, 0.717) is 19.7 Å². The van der Waals surface area contributed by atoms with Crippen molar-refractivity contribution in [3.05, 3.63) is 0 Å². The summed E-state index contributed by atoms with van der Waals surface area (Å²) in [7, 11) is 3.35. The Labute approximate surface area is 107 Å². The second kappa shape index (κ2) is 5.67. The van der Waals surface area contributed by atoms with Crippen molar-refractivity contribution in [3.8, 4) is 0 Å². The molecule has 6 heteroatoms. The number of rotatable bonds is 2. The van der Waals surface area contributed by atoms with Crippen molar-refractivity contribution in [2.24, 2.45) is 5.92 Å². The molecule has 0 N–H and O–H groups in total. The van der Waals surface area contributed by atoms with E-state index in [2.05, 4.69) is 9.64 Å². The highest BCUT2D eigenvalue weighted by atomic mass is 16.6. The number of ether oxygens (including phenoxy) is 2. The van der Waals surface area contributed by atoms with Crippen LogP contribution in [0.4, 0.5) is 0 Å². The molecule has 0 bridgehead atoms. The van der Waals surface area contributed by atoms with Crippen LogP contribution < -0.4 is 0 Å². The van der Waals surface area contributed by atoms with Crippen LogP contribution in [0.3, 0.4) is 0 Å². The van der Waals surface area contributed by atoms with Gasteiger partial charge in [-0.1, -0.05) is 0 Å². The molecule has 2 atom stereocenters. The van der Waals surface area contributed by atoms with E-state index < -0.39 is 12.1 Å². The quantitative estimate of drug-likeness (QED) is 0.614. The molecule has 2 rings (SSSR count). The predicted molar refractivity (Wildman–Crippen MR) is 63.9 cm³/mol. The topological polar surface area (TPSA) is 59.1 Å². The maximum absolute atomic E-state index is 12.3. The molecule has 2 aliphatic rings. The van der Waals surface area contributed by atoms with Crippen LogP contribution >= 0.6 is 0 Å². The molecular weight excluding hydrogens is 236 g/mol. The standard InChI is InChI=1S/C12H20N2O4/c1-13-4-3-9(7-13)11(15)14-5-6-18-10(8-14)12(16)17-2/h9-10H,3-8H2,1-2H3. The number of amides is 1. The summed E-state index contributed by atoms with van der Waals surface area (Å²) < 4.78 is 9.97. The van der Waals surface area contributed by atoms with Crippen LogP contribution in [0.5, 0.6) is 0 Å². The van der Waals surface area contributed by atoms with Gasteiger partial charge in [-0.3, -0.25) is 4.79 Å². The Balaban J connectivity index is 1.92. The second-order valence-corrected chi connectivity index (χ2v) is 4.91. The minimum atomic E-state index is -0.633. The Morgan fingerprint density at radius 3 is 2.67 bits per heavy atom. The molecule has 0 aromatic carbocycles. The van der Waals surface area contributed by atoms with Crippen molar-refractivity contribution in [2.75, 3.05) is 46.9 Å². The zero-order chi connectivity index (χ0) is 13.1. The molecule has 2 heterocycles. The van der Waals surface area contributed by atoms with Gasteiger partial charge in [0.25, 0.3) is 0 Å². The Kier molecular flexibility index (Phi) is 4.19. The molecule has 1 amide bonds. The van der Waals surface area contributed by atoms with Gasteiger partial charge in [0.1, 0.15) is 0 Å². The predicted octanol–water partition coefficient (Wildman–Crippen LogP) is -0.661. The average molecular weight is 256 g/mol. The van der Waals surface area contributed by atoms with Crippen molar-refractivity contribution >= 4 is 11.9 Å². The molecule has 6 nitrogen and oxygen atoms in total. The summed E-state index contributed by atoms with van der Waals surface area (Å²) >= 11 is 0. The first-order valence-electron chi connectivity index (χ1n) is 6.28. The van der Waals surface area contributed by atoms with Crippen molar-refractivity contribution in [1.82, 2.24) is 9.80 Å². The van der Waals surface area contributed by atoms with Gasteiger partial charge in [0.2, 0.25) is 5.91 Å². The number of nitrogens with zero attached hydrogens (tertiary/aromatic N) is 2. The molecule has 2 saturated heterocycles. The number of hydrogen-bond acceptors (Lipinski definition) is 5. The molecular formula is C12H20N2O4. The van der Waals surface area contributed by atoms with Gasteiger partial charge in [0.15, 0.2) is 6.10 Å². The molecule has 0 radical (unpaired) electrons. The van der Waals surface area contributed by atoms with Gasteiger partial charge in [-0.2, -0.15) is 0 Å². The Morgan fingerprint density at radius 2 is 2.06 bits per heavy atom. The zero-order valence-electron chi connectivity index (χ0n) is 10.9. The van der Waals surface area contributed by atoms with E-state index in [4.69, 9.17) is 4.74 Å². The van der Waals surface area contributed by atoms with E-state index in [1.54, 1.807) is 4.90 Å². The molecule has 2 aliphatic heterocycles. The van der Waals surface area contributed by atoms with Crippen molar-refractivity contribution in [3.63, 3.8) is 0 Å². The lowest BCUT2D eigenvalue weighted by Crippen LogP contribution is -2.50. The van der Waals surface area contributed by atoms with Crippen molar-refractivity contribution in [2.45, 2.75) is 12.5 Å². The second-order valence-electron chi connectivity index (χ2n) is 4.91. The number of carbonyl (C=O) groups excluding carboxylic acids is 2. The minimum Gasteiger partial charge on any atom is -0.467 e. The lowest BCUT2D eigenvalue weighted by molar-refractivity contribution is -0.163. The molecule has 18 heavy (non-hydrogen) atoms. The third kappa shape index (κ3) is 2.81. The van der Waals surface area contributed by atoms with Gasteiger partial charge in [0.05, 0.1) is 26.2 Å². The number of hydrogen-bond donors (Lipinski definition) is 0. The SMILES string of the molecule is COC(=O)C1CN(C(=O)C2CCN(C)C2)CCO1. The van der Waals surface area contributed by atoms with Crippen LogP contribution in [0.1, 0.15) is 6.42 Å². The first-order valence-corrected chi connectivity index (χ1v) is 6.28. The summed E-state index contributed by atoms with van der Waals surface area (Å²) in [6.45, 7) is 3.03. The maximum Gasteiger partial charge on any atom is 0.336 e. The lowest BCUT2D eigenvalue weighted by Gasteiger charge is -2.33. The normalized spacial score (nSPS) is 29.3. The summed E-state index contributed by atoms with van der Waals surface area (Å²) in [5.74, 6) is -0.209.